The quantitative estimate of drug-likeness (QED) is 0.678. The van der Waals surface area contributed by atoms with Crippen LogP contribution in [0.5, 0.6) is 0 Å². The molecule has 13 heavy (non-hydrogen) atoms. The Hall–Kier alpha value is -1.31. The molecular formula is C11H13NO. The molecule has 0 unspecified atom stereocenters. The highest BCUT2D eigenvalue weighted by molar-refractivity contribution is 6.08. The normalized spacial score (nSPS) is 21.6. The molecule has 1 aliphatic rings. The molecule has 0 N–H and O–H groups in total. The zero-order valence-corrected chi connectivity index (χ0v) is 7.73. The molecule has 1 aromatic rings. The van der Waals surface area contributed by atoms with Crippen LogP contribution in [0.2, 0.25) is 0 Å². The predicted molar refractivity (Wildman–Crippen MR) is 53.0 cm³/mol. The third-order valence-electron chi connectivity index (χ3n) is 2.36. The Morgan fingerprint density at radius 3 is 3.08 bits per heavy atom. The number of furan rings is 1. The molecule has 2 heteroatoms. The molecule has 1 aliphatic heterocycles. The largest absolute Gasteiger partial charge is 0.472 e. The molecular weight excluding hydrogens is 162 g/mol. The highest BCUT2D eigenvalue weighted by Crippen LogP contribution is 2.14. The standard InChI is InChI=1S/C11H13NO/c1-2-9-3-4-11(12-7-9)10-5-6-13-8-10/h3-6,8-9H,2,7H2,1H3/t9-/m1/s1. The van der Waals surface area contributed by atoms with Crippen LogP contribution in [0.4, 0.5) is 0 Å². The average molecular weight is 175 g/mol. The van der Waals surface area contributed by atoms with Crippen LogP contribution in [0, 0.1) is 5.92 Å². The van der Waals surface area contributed by atoms with Crippen molar-refractivity contribution in [1.29, 1.82) is 0 Å². The predicted octanol–water partition coefficient (Wildman–Crippen LogP) is 2.66. The smallest absolute Gasteiger partial charge is 0.0996 e. The fourth-order valence-corrected chi connectivity index (χ4v) is 1.42. The van der Waals surface area contributed by atoms with Gasteiger partial charge in [-0.2, -0.15) is 0 Å². The molecule has 2 rings (SSSR count). The van der Waals surface area contributed by atoms with E-state index in [1.807, 2.05) is 6.07 Å². The number of aliphatic imine (C=N–C) groups is 1. The molecule has 2 nitrogen and oxygen atoms in total. The first-order valence-corrected chi connectivity index (χ1v) is 4.65. The monoisotopic (exact) mass is 175 g/mol. The summed E-state index contributed by atoms with van der Waals surface area (Å²) in [6.45, 7) is 3.10. The molecule has 0 saturated carbocycles. The maximum atomic E-state index is 5.01. The van der Waals surface area contributed by atoms with Crippen molar-refractivity contribution in [2.45, 2.75) is 13.3 Å². The van der Waals surface area contributed by atoms with E-state index >= 15 is 0 Å². The van der Waals surface area contributed by atoms with Crippen molar-refractivity contribution in [3.05, 3.63) is 36.3 Å². The van der Waals surface area contributed by atoms with Crippen LogP contribution in [-0.2, 0) is 0 Å². The van der Waals surface area contributed by atoms with Crippen LogP contribution in [0.15, 0.2) is 40.2 Å². The Morgan fingerprint density at radius 1 is 1.62 bits per heavy atom. The van der Waals surface area contributed by atoms with Crippen molar-refractivity contribution in [3.8, 4) is 0 Å². The minimum absolute atomic E-state index is 0.621. The summed E-state index contributed by atoms with van der Waals surface area (Å²) in [6, 6.07) is 1.94. The van der Waals surface area contributed by atoms with Gasteiger partial charge in [-0.3, -0.25) is 4.99 Å². The number of hydrogen-bond donors (Lipinski definition) is 0. The van der Waals surface area contributed by atoms with Crippen LogP contribution in [0.25, 0.3) is 0 Å². The Balaban J connectivity index is 2.13. The van der Waals surface area contributed by atoms with E-state index in [4.69, 9.17) is 4.42 Å². The minimum Gasteiger partial charge on any atom is -0.472 e. The van der Waals surface area contributed by atoms with Crippen LogP contribution >= 0.6 is 0 Å². The highest BCUT2D eigenvalue weighted by atomic mass is 16.3. The van der Waals surface area contributed by atoms with Crippen molar-refractivity contribution in [2.75, 3.05) is 6.54 Å². The Kier molecular flexibility index (Phi) is 2.30. The number of rotatable bonds is 2. The summed E-state index contributed by atoms with van der Waals surface area (Å²) >= 11 is 0. The summed E-state index contributed by atoms with van der Waals surface area (Å²) in [5, 5.41) is 0. The lowest BCUT2D eigenvalue weighted by Gasteiger charge is -2.12. The van der Waals surface area contributed by atoms with E-state index in [0.29, 0.717) is 5.92 Å². The molecule has 0 radical (unpaired) electrons. The summed E-state index contributed by atoms with van der Waals surface area (Å²) in [7, 11) is 0. The Morgan fingerprint density at radius 2 is 2.54 bits per heavy atom. The van der Waals surface area contributed by atoms with Gasteiger partial charge in [0, 0.05) is 12.1 Å². The molecule has 1 atom stereocenters. The lowest BCUT2D eigenvalue weighted by atomic mass is 10.0. The second-order valence-electron chi connectivity index (χ2n) is 3.27. The summed E-state index contributed by atoms with van der Waals surface area (Å²) < 4.78 is 5.01. The summed E-state index contributed by atoms with van der Waals surface area (Å²) in [5.74, 6) is 0.621. The molecule has 0 saturated heterocycles. The van der Waals surface area contributed by atoms with Gasteiger partial charge in [-0.05, 0) is 24.5 Å². The van der Waals surface area contributed by atoms with E-state index in [1.165, 1.54) is 6.42 Å². The van der Waals surface area contributed by atoms with E-state index in [0.717, 1.165) is 17.8 Å². The molecule has 0 fully saturated rings. The van der Waals surface area contributed by atoms with Gasteiger partial charge in [0.1, 0.15) is 0 Å². The lowest BCUT2D eigenvalue weighted by molar-refractivity contribution is 0.566. The van der Waals surface area contributed by atoms with Gasteiger partial charge in [0.15, 0.2) is 0 Å². The molecule has 2 heterocycles. The van der Waals surface area contributed by atoms with Gasteiger partial charge in [0.05, 0.1) is 18.2 Å². The summed E-state index contributed by atoms with van der Waals surface area (Å²) in [5.41, 5.74) is 2.12. The van der Waals surface area contributed by atoms with Gasteiger partial charge in [0.2, 0.25) is 0 Å². The van der Waals surface area contributed by atoms with E-state index in [1.54, 1.807) is 12.5 Å². The molecule has 0 spiro atoms. The van der Waals surface area contributed by atoms with Crippen molar-refractivity contribution >= 4 is 5.71 Å². The van der Waals surface area contributed by atoms with Crippen molar-refractivity contribution in [3.63, 3.8) is 0 Å². The van der Waals surface area contributed by atoms with Crippen LogP contribution in [0.3, 0.4) is 0 Å². The zero-order valence-electron chi connectivity index (χ0n) is 7.73. The Labute approximate surface area is 78.0 Å². The molecule has 0 bridgehead atoms. The first-order valence-electron chi connectivity index (χ1n) is 4.65. The van der Waals surface area contributed by atoms with Gasteiger partial charge in [-0.1, -0.05) is 13.0 Å². The van der Waals surface area contributed by atoms with Gasteiger partial charge in [0.25, 0.3) is 0 Å². The fraction of sp³-hybridized carbons (Fsp3) is 0.364. The maximum absolute atomic E-state index is 5.01. The van der Waals surface area contributed by atoms with Gasteiger partial charge < -0.3 is 4.42 Å². The third-order valence-corrected chi connectivity index (χ3v) is 2.36. The molecule has 0 amide bonds. The van der Waals surface area contributed by atoms with Gasteiger partial charge >= 0.3 is 0 Å². The molecule has 0 aromatic carbocycles. The lowest BCUT2D eigenvalue weighted by Crippen LogP contribution is -2.09. The molecule has 0 aliphatic carbocycles. The van der Waals surface area contributed by atoms with E-state index < -0.39 is 0 Å². The second-order valence-corrected chi connectivity index (χ2v) is 3.27. The topological polar surface area (TPSA) is 25.5 Å². The minimum atomic E-state index is 0.621. The number of allylic oxidation sites excluding steroid dienone is 1. The first-order chi connectivity index (χ1) is 6.40. The zero-order chi connectivity index (χ0) is 9.10. The van der Waals surface area contributed by atoms with Gasteiger partial charge in [-0.25, -0.2) is 0 Å². The van der Waals surface area contributed by atoms with Crippen LogP contribution < -0.4 is 0 Å². The number of hydrogen-bond acceptors (Lipinski definition) is 2. The van der Waals surface area contributed by atoms with E-state index in [2.05, 4.69) is 24.1 Å². The SMILES string of the molecule is CC[C@@H]1C=CC(c2ccoc2)=NC1. The van der Waals surface area contributed by atoms with E-state index in [9.17, 15) is 0 Å². The maximum Gasteiger partial charge on any atom is 0.0996 e. The van der Waals surface area contributed by atoms with Gasteiger partial charge in [-0.15, -0.1) is 0 Å². The van der Waals surface area contributed by atoms with Crippen molar-refractivity contribution in [2.24, 2.45) is 10.9 Å². The second kappa shape index (κ2) is 3.60. The number of nitrogens with zero attached hydrogens (tertiary/aromatic N) is 1. The summed E-state index contributed by atoms with van der Waals surface area (Å²) in [4.78, 5) is 4.49. The molecule has 1 aromatic heterocycles. The summed E-state index contributed by atoms with van der Waals surface area (Å²) in [6.07, 6.45) is 8.89. The Bertz CT molecular complexity index is 322. The highest BCUT2D eigenvalue weighted by Gasteiger charge is 2.09. The third kappa shape index (κ3) is 1.72. The fourth-order valence-electron chi connectivity index (χ4n) is 1.42. The first kappa shape index (κ1) is 8.30. The van der Waals surface area contributed by atoms with Crippen LogP contribution in [0.1, 0.15) is 18.9 Å². The van der Waals surface area contributed by atoms with Crippen molar-refractivity contribution in [1.82, 2.24) is 0 Å². The van der Waals surface area contributed by atoms with Crippen LogP contribution in [-0.4, -0.2) is 12.3 Å². The van der Waals surface area contributed by atoms with Crippen molar-refractivity contribution < 1.29 is 4.42 Å². The average Bonchev–Trinajstić information content (AvgIpc) is 2.71. The number of dihydropyridines is 1. The molecule has 68 valence electrons. The van der Waals surface area contributed by atoms with E-state index in [-0.39, 0.29) is 0 Å².